The van der Waals surface area contributed by atoms with E-state index in [0.717, 1.165) is 43.7 Å². The van der Waals surface area contributed by atoms with Gasteiger partial charge in [-0.3, -0.25) is 4.79 Å². The fourth-order valence-electron chi connectivity index (χ4n) is 2.96. The summed E-state index contributed by atoms with van der Waals surface area (Å²) in [4.78, 5) is 18.7. The molecule has 0 bridgehead atoms. The van der Waals surface area contributed by atoms with Crippen LogP contribution in [0.25, 0.3) is 11.4 Å². The number of ether oxygens (including phenoxy) is 1. The molecule has 2 aromatic rings. The molecule has 3 rings (SSSR count). The molecule has 1 aliphatic rings. The van der Waals surface area contributed by atoms with Gasteiger partial charge >= 0.3 is 6.01 Å². The number of nitrogens with zero attached hydrogens (tertiary/aromatic N) is 3. The maximum Gasteiger partial charge on any atom is 0.324 e. The maximum absolute atomic E-state index is 12.2. The van der Waals surface area contributed by atoms with Crippen molar-refractivity contribution in [2.75, 3.05) is 31.6 Å². The Kier molecular flexibility index (Phi) is 5.53. The molecule has 1 amide bonds. The number of hydrogen-bond acceptors (Lipinski definition) is 6. The minimum absolute atomic E-state index is 0.0309. The van der Waals surface area contributed by atoms with E-state index >= 15 is 0 Å². The highest BCUT2D eigenvalue weighted by Crippen LogP contribution is 2.25. The van der Waals surface area contributed by atoms with Gasteiger partial charge in [-0.15, -0.1) is 0 Å². The van der Waals surface area contributed by atoms with Crippen LogP contribution in [0.2, 0.25) is 0 Å². The van der Waals surface area contributed by atoms with Crippen molar-refractivity contribution >= 4 is 11.9 Å². The van der Waals surface area contributed by atoms with Crippen LogP contribution in [0.15, 0.2) is 28.8 Å². The van der Waals surface area contributed by atoms with Crippen LogP contribution in [-0.4, -0.2) is 42.8 Å². The topological polar surface area (TPSA) is 80.5 Å². The SMILES string of the molecule is CCCNC(=O)C1CCCN(c2nc(-c3ccc(OC)cc3)no2)C1. The van der Waals surface area contributed by atoms with Crippen LogP contribution in [0.5, 0.6) is 5.75 Å². The first kappa shape index (κ1) is 17.3. The van der Waals surface area contributed by atoms with E-state index in [1.54, 1.807) is 7.11 Å². The van der Waals surface area contributed by atoms with E-state index in [1.165, 1.54) is 0 Å². The summed E-state index contributed by atoms with van der Waals surface area (Å²) in [6.45, 7) is 4.20. The molecule has 2 heterocycles. The van der Waals surface area contributed by atoms with Crippen molar-refractivity contribution in [2.45, 2.75) is 26.2 Å². The number of amides is 1. The highest BCUT2D eigenvalue weighted by atomic mass is 16.5. The van der Waals surface area contributed by atoms with Crippen molar-refractivity contribution in [1.29, 1.82) is 0 Å². The zero-order valence-electron chi connectivity index (χ0n) is 14.7. The molecule has 1 N–H and O–H groups in total. The van der Waals surface area contributed by atoms with Gasteiger partial charge in [-0.25, -0.2) is 0 Å². The molecule has 0 saturated carbocycles. The number of piperidine rings is 1. The Morgan fingerprint density at radius 2 is 2.20 bits per heavy atom. The van der Waals surface area contributed by atoms with E-state index in [9.17, 15) is 4.79 Å². The zero-order valence-corrected chi connectivity index (χ0v) is 14.7. The second kappa shape index (κ2) is 8.00. The molecule has 0 spiro atoms. The number of aromatic nitrogens is 2. The van der Waals surface area contributed by atoms with Gasteiger partial charge in [0.1, 0.15) is 5.75 Å². The van der Waals surface area contributed by atoms with Gasteiger partial charge in [0.15, 0.2) is 0 Å². The van der Waals surface area contributed by atoms with Crippen LogP contribution in [0.4, 0.5) is 6.01 Å². The van der Waals surface area contributed by atoms with Crippen molar-refractivity contribution in [3.8, 4) is 17.1 Å². The standard InChI is InChI=1S/C18H24N4O3/c1-3-10-19-17(23)14-5-4-11-22(12-14)18-20-16(21-25-18)13-6-8-15(24-2)9-7-13/h6-9,14H,3-5,10-12H2,1-2H3,(H,19,23). The third-order valence-corrected chi connectivity index (χ3v) is 4.38. The number of carbonyl (C=O) groups excluding carboxylic acids is 1. The van der Waals surface area contributed by atoms with Gasteiger partial charge in [0, 0.05) is 25.2 Å². The van der Waals surface area contributed by atoms with E-state index < -0.39 is 0 Å². The lowest BCUT2D eigenvalue weighted by Gasteiger charge is -2.30. The highest BCUT2D eigenvalue weighted by Gasteiger charge is 2.28. The van der Waals surface area contributed by atoms with Gasteiger partial charge in [0.05, 0.1) is 13.0 Å². The first-order valence-electron chi connectivity index (χ1n) is 8.72. The predicted octanol–water partition coefficient (Wildman–Crippen LogP) is 2.49. The fourth-order valence-corrected chi connectivity index (χ4v) is 2.96. The molecule has 1 atom stereocenters. The number of hydrogen-bond donors (Lipinski definition) is 1. The third kappa shape index (κ3) is 4.10. The first-order valence-corrected chi connectivity index (χ1v) is 8.72. The molecule has 7 heteroatoms. The summed E-state index contributed by atoms with van der Waals surface area (Å²) >= 11 is 0. The van der Waals surface area contributed by atoms with Crippen molar-refractivity contribution in [1.82, 2.24) is 15.5 Å². The summed E-state index contributed by atoms with van der Waals surface area (Å²) in [6.07, 6.45) is 2.77. The quantitative estimate of drug-likeness (QED) is 0.867. The Labute approximate surface area is 147 Å². The molecule has 1 aromatic heterocycles. The summed E-state index contributed by atoms with van der Waals surface area (Å²) < 4.78 is 10.6. The Hall–Kier alpha value is -2.57. The zero-order chi connectivity index (χ0) is 17.6. The van der Waals surface area contributed by atoms with E-state index in [4.69, 9.17) is 9.26 Å². The molecule has 7 nitrogen and oxygen atoms in total. The van der Waals surface area contributed by atoms with Crippen LogP contribution in [0.3, 0.4) is 0 Å². The van der Waals surface area contributed by atoms with Crippen LogP contribution in [0.1, 0.15) is 26.2 Å². The number of benzene rings is 1. The fraction of sp³-hybridized carbons (Fsp3) is 0.500. The summed E-state index contributed by atoms with van der Waals surface area (Å²) in [5.74, 6) is 1.40. The normalized spacial score (nSPS) is 17.4. The van der Waals surface area contributed by atoms with Crippen LogP contribution in [0, 0.1) is 5.92 Å². The predicted molar refractivity (Wildman–Crippen MR) is 94.5 cm³/mol. The lowest BCUT2D eigenvalue weighted by molar-refractivity contribution is -0.125. The van der Waals surface area contributed by atoms with Gasteiger partial charge < -0.3 is 19.5 Å². The van der Waals surface area contributed by atoms with E-state index in [-0.39, 0.29) is 11.8 Å². The highest BCUT2D eigenvalue weighted by molar-refractivity contribution is 5.79. The molecule has 1 unspecified atom stereocenters. The van der Waals surface area contributed by atoms with Gasteiger partial charge in [-0.2, -0.15) is 4.98 Å². The number of carbonyl (C=O) groups is 1. The van der Waals surface area contributed by atoms with E-state index in [1.807, 2.05) is 36.1 Å². The summed E-state index contributed by atoms with van der Waals surface area (Å²) in [5.41, 5.74) is 0.866. The summed E-state index contributed by atoms with van der Waals surface area (Å²) in [5, 5.41) is 7.04. The second-order valence-electron chi connectivity index (χ2n) is 6.21. The molecule has 1 fully saturated rings. The second-order valence-corrected chi connectivity index (χ2v) is 6.21. The van der Waals surface area contributed by atoms with Crippen molar-refractivity contribution in [2.24, 2.45) is 5.92 Å². The Balaban J connectivity index is 1.67. The number of anilines is 1. The molecule has 0 radical (unpaired) electrons. The number of nitrogens with one attached hydrogen (secondary N) is 1. The van der Waals surface area contributed by atoms with E-state index in [0.29, 0.717) is 18.4 Å². The van der Waals surface area contributed by atoms with Crippen molar-refractivity contribution in [3.05, 3.63) is 24.3 Å². The van der Waals surface area contributed by atoms with Crippen molar-refractivity contribution < 1.29 is 14.1 Å². The lowest BCUT2D eigenvalue weighted by Crippen LogP contribution is -2.43. The minimum atomic E-state index is -0.0309. The Morgan fingerprint density at radius 1 is 1.40 bits per heavy atom. The van der Waals surface area contributed by atoms with Crippen LogP contribution in [-0.2, 0) is 4.79 Å². The Morgan fingerprint density at radius 3 is 2.92 bits per heavy atom. The first-order chi connectivity index (χ1) is 12.2. The molecule has 1 aliphatic heterocycles. The molecule has 1 saturated heterocycles. The maximum atomic E-state index is 12.2. The van der Waals surface area contributed by atoms with E-state index in [2.05, 4.69) is 15.5 Å². The smallest absolute Gasteiger partial charge is 0.324 e. The average Bonchev–Trinajstić information content (AvgIpc) is 3.16. The molecule has 134 valence electrons. The average molecular weight is 344 g/mol. The lowest BCUT2D eigenvalue weighted by atomic mass is 9.97. The number of methoxy groups -OCH3 is 1. The molecular formula is C18H24N4O3. The summed E-state index contributed by atoms with van der Waals surface area (Å²) in [7, 11) is 1.63. The van der Waals surface area contributed by atoms with Gasteiger partial charge in [-0.1, -0.05) is 12.1 Å². The Bertz CT molecular complexity index is 699. The van der Waals surface area contributed by atoms with Crippen LogP contribution < -0.4 is 15.0 Å². The third-order valence-electron chi connectivity index (χ3n) is 4.38. The van der Waals surface area contributed by atoms with Crippen LogP contribution >= 0.6 is 0 Å². The molecular weight excluding hydrogens is 320 g/mol. The molecule has 0 aliphatic carbocycles. The number of rotatable bonds is 6. The molecule has 1 aromatic carbocycles. The minimum Gasteiger partial charge on any atom is -0.497 e. The summed E-state index contributed by atoms with van der Waals surface area (Å²) in [6, 6.07) is 7.98. The largest absolute Gasteiger partial charge is 0.497 e. The van der Waals surface area contributed by atoms with Gasteiger partial charge in [0.2, 0.25) is 11.7 Å². The van der Waals surface area contributed by atoms with Gasteiger partial charge in [0.25, 0.3) is 0 Å². The van der Waals surface area contributed by atoms with Crippen molar-refractivity contribution in [3.63, 3.8) is 0 Å². The van der Waals surface area contributed by atoms with Gasteiger partial charge in [-0.05, 0) is 43.5 Å². The monoisotopic (exact) mass is 344 g/mol. The molecule has 25 heavy (non-hydrogen) atoms.